The van der Waals surface area contributed by atoms with Gasteiger partial charge >= 0.3 is 0 Å². The third-order valence-electron chi connectivity index (χ3n) is 5.26. The molecule has 0 atom stereocenters. The molecule has 0 radical (unpaired) electrons. The van der Waals surface area contributed by atoms with Crippen molar-refractivity contribution in [2.75, 3.05) is 50.6 Å². The molecule has 0 unspecified atom stereocenters. The van der Waals surface area contributed by atoms with Gasteiger partial charge < -0.3 is 24.3 Å². The van der Waals surface area contributed by atoms with Crippen LogP contribution >= 0.6 is 11.8 Å². The minimum Gasteiger partial charge on any atom is -0.497 e. The Morgan fingerprint density at radius 1 is 1.06 bits per heavy atom. The first-order valence-electron chi connectivity index (χ1n) is 10.5. The molecule has 1 aliphatic rings. The van der Waals surface area contributed by atoms with E-state index < -0.39 is 0 Å². The number of hydrogen-bond donors (Lipinski definition) is 2. The molecule has 0 aliphatic carbocycles. The maximum absolute atomic E-state index is 5.43. The van der Waals surface area contributed by atoms with Gasteiger partial charge in [0.2, 0.25) is 11.9 Å². The van der Waals surface area contributed by atoms with Crippen LogP contribution in [0.15, 0.2) is 63.2 Å². The minimum atomic E-state index is 0.437. The Balaban J connectivity index is 1.41. The van der Waals surface area contributed by atoms with E-state index in [1.165, 1.54) is 11.8 Å². The first-order valence-corrected chi connectivity index (χ1v) is 11.4. The van der Waals surface area contributed by atoms with Gasteiger partial charge in [0.25, 0.3) is 0 Å². The summed E-state index contributed by atoms with van der Waals surface area (Å²) in [5.74, 6) is 3.20. The zero-order chi connectivity index (χ0) is 22.6. The average Bonchev–Trinajstić information content (AvgIpc) is 3.52. The number of ether oxygens (including phenoxy) is 1. The Kier molecular flexibility index (Phi) is 6.13. The maximum atomic E-state index is 5.43. The zero-order valence-corrected chi connectivity index (χ0v) is 19.2. The summed E-state index contributed by atoms with van der Waals surface area (Å²) in [6.45, 7) is 3.64. The van der Waals surface area contributed by atoms with Crippen molar-refractivity contribution in [2.24, 2.45) is 0 Å². The van der Waals surface area contributed by atoms with Gasteiger partial charge in [-0.15, -0.1) is 0 Å². The van der Waals surface area contributed by atoms with Crippen molar-refractivity contribution >= 4 is 29.5 Å². The number of H-pyrrole nitrogens is 1. The van der Waals surface area contributed by atoms with E-state index in [1.807, 2.05) is 42.5 Å². The molecule has 3 aromatic heterocycles. The first kappa shape index (κ1) is 21.3. The van der Waals surface area contributed by atoms with Crippen molar-refractivity contribution < 1.29 is 9.15 Å². The van der Waals surface area contributed by atoms with Gasteiger partial charge in [-0.3, -0.25) is 5.10 Å². The Morgan fingerprint density at radius 2 is 1.88 bits per heavy atom. The number of nitrogens with one attached hydrogen (secondary N) is 2. The first-order chi connectivity index (χ1) is 16.2. The molecule has 1 fully saturated rings. The second-order valence-corrected chi connectivity index (χ2v) is 8.62. The SMILES string of the molecule is COc1ccc(Sc2nc(Nc3cc(-c4ccco4)[nH]n3)nc(N3CCN(C)CC3)n2)cc1. The van der Waals surface area contributed by atoms with E-state index in [4.69, 9.17) is 14.1 Å². The van der Waals surface area contributed by atoms with Crippen molar-refractivity contribution in [2.45, 2.75) is 10.1 Å². The van der Waals surface area contributed by atoms with E-state index in [9.17, 15) is 0 Å². The van der Waals surface area contributed by atoms with Crippen LogP contribution in [0.1, 0.15) is 0 Å². The van der Waals surface area contributed by atoms with E-state index in [0.717, 1.165) is 42.5 Å². The molecule has 4 aromatic rings. The van der Waals surface area contributed by atoms with E-state index in [0.29, 0.717) is 28.6 Å². The van der Waals surface area contributed by atoms with Gasteiger partial charge in [-0.1, -0.05) is 0 Å². The Labute approximate surface area is 195 Å². The van der Waals surface area contributed by atoms with Crippen LogP contribution in [-0.4, -0.2) is 70.4 Å². The van der Waals surface area contributed by atoms with Crippen LogP contribution < -0.4 is 15.0 Å². The van der Waals surface area contributed by atoms with Crippen LogP contribution in [-0.2, 0) is 0 Å². The second-order valence-electron chi connectivity index (χ2n) is 7.58. The van der Waals surface area contributed by atoms with Crippen molar-refractivity contribution in [3.8, 4) is 17.2 Å². The predicted molar refractivity (Wildman–Crippen MR) is 126 cm³/mol. The summed E-state index contributed by atoms with van der Waals surface area (Å²) < 4.78 is 10.7. The van der Waals surface area contributed by atoms with Gasteiger partial charge in [-0.05, 0) is 55.2 Å². The van der Waals surface area contributed by atoms with Gasteiger partial charge in [0.05, 0.1) is 13.4 Å². The van der Waals surface area contributed by atoms with Crippen molar-refractivity contribution in [3.63, 3.8) is 0 Å². The topological polar surface area (TPSA) is 108 Å². The molecule has 0 bridgehead atoms. The van der Waals surface area contributed by atoms with Crippen LogP contribution in [0.3, 0.4) is 0 Å². The molecule has 1 aromatic carbocycles. The molecular weight excluding hydrogens is 440 g/mol. The third-order valence-corrected chi connectivity index (χ3v) is 6.14. The lowest BCUT2D eigenvalue weighted by Crippen LogP contribution is -2.45. The molecule has 2 N–H and O–H groups in total. The van der Waals surface area contributed by atoms with Gasteiger partial charge in [-0.2, -0.15) is 20.1 Å². The number of anilines is 3. The number of aromatic nitrogens is 5. The monoisotopic (exact) mass is 464 g/mol. The number of hydrogen-bond acceptors (Lipinski definition) is 10. The molecule has 170 valence electrons. The Hall–Kier alpha value is -3.57. The maximum Gasteiger partial charge on any atom is 0.234 e. The fraction of sp³-hybridized carbons (Fsp3) is 0.273. The Morgan fingerprint density at radius 3 is 2.61 bits per heavy atom. The molecule has 4 heterocycles. The largest absolute Gasteiger partial charge is 0.497 e. The van der Waals surface area contributed by atoms with E-state index >= 15 is 0 Å². The number of piperazine rings is 1. The molecule has 11 heteroatoms. The minimum absolute atomic E-state index is 0.437. The lowest BCUT2D eigenvalue weighted by molar-refractivity contribution is 0.311. The molecular formula is C22H24N8O2S. The number of methoxy groups -OCH3 is 1. The van der Waals surface area contributed by atoms with Crippen LogP contribution in [0.5, 0.6) is 5.75 Å². The summed E-state index contributed by atoms with van der Waals surface area (Å²) in [7, 11) is 3.78. The number of furan rings is 1. The number of rotatable bonds is 7. The van der Waals surface area contributed by atoms with Crippen molar-refractivity contribution in [1.82, 2.24) is 30.0 Å². The highest BCUT2D eigenvalue weighted by atomic mass is 32.2. The highest BCUT2D eigenvalue weighted by molar-refractivity contribution is 7.99. The molecule has 0 saturated carbocycles. The summed E-state index contributed by atoms with van der Waals surface area (Å²) >= 11 is 1.48. The van der Waals surface area contributed by atoms with Crippen LogP contribution in [0.4, 0.5) is 17.7 Å². The highest BCUT2D eigenvalue weighted by Gasteiger charge is 2.19. The lowest BCUT2D eigenvalue weighted by atomic mass is 10.3. The molecule has 0 amide bonds. The smallest absolute Gasteiger partial charge is 0.234 e. The number of benzene rings is 1. The molecule has 1 aliphatic heterocycles. The summed E-state index contributed by atoms with van der Waals surface area (Å²) in [6, 6.07) is 13.4. The zero-order valence-electron chi connectivity index (χ0n) is 18.4. The summed E-state index contributed by atoms with van der Waals surface area (Å²) in [5, 5.41) is 11.1. The van der Waals surface area contributed by atoms with Crippen molar-refractivity contribution in [3.05, 3.63) is 48.7 Å². The molecule has 33 heavy (non-hydrogen) atoms. The van der Waals surface area contributed by atoms with Gasteiger partial charge in [0.1, 0.15) is 11.4 Å². The fourth-order valence-corrected chi connectivity index (χ4v) is 4.15. The van der Waals surface area contributed by atoms with Gasteiger partial charge in [-0.25, -0.2) is 0 Å². The van der Waals surface area contributed by atoms with E-state index in [-0.39, 0.29) is 0 Å². The van der Waals surface area contributed by atoms with Crippen molar-refractivity contribution in [1.29, 1.82) is 0 Å². The molecule has 0 spiro atoms. The highest BCUT2D eigenvalue weighted by Crippen LogP contribution is 2.29. The number of nitrogens with zero attached hydrogens (tertiary/aromatic N) is 6. The van der Waals surface area contributed by atoms with Gasteiger partial charge in [0, 0.05) is 37.1 Å². The second kappa shape index (κ2) is 9.51. The number of likely N-dealkylation sites (N-methyl/N-ethyl adjacent to an activating group) is 1. The molecule has 10 nitrogen and oxygen atoms in total. The predicted octanol–water partition coefficient (Wildman–Crippen LogP) is 3.51. The Bertz CT molecular complexity index is 1190. The normalized spacial score (nSPS) is 14.4. The number of aromatic amines is 1. The summed E-state index contributed by atoms with van der Waals surface area (Å²) in [6.07, 6.45) is 1.63. The standard InChI is InChI=1S/C22H24N8O2S/c1-29-9-11-30(12-10-29)21-24-20(23-19-14-17(27-28-19)18-4-3-13-32-18)25-22(26-21)33-16-7-5-15(31-2)6-8-16/h3-8,13-14H,9-12H2,1-2H3,(H2,23,24,25,26,27,28). The van der Waals surface area contributed by atoms with E-state index in [1.54, 1.807) is 13.4 Å². The molecule has 1 saturated heterocycles. The van der Waals surface area contributed by atoms with E-state index in [2.05, 4.69) is 42.3 Å². The molecule has 5 rings (SSSR count). The van der Waals surface area contributed by atoms with Crippen LogP contribution in [0.25, 0.3) is 11.5 Å². The van der Waals surface area contributed by atoms with Gasteiger partial charge in [0.15, 0.2) is 16.7 Å². The summed E-state index contributed by atoms with van der Waals surface area (Å²) in [4.78, 5) is 19.5. The third kappa shape index (κ3) is 5.10. The lowest BCUT2D eigenvalue weighted by Gasteiger charge is -2.32. The summed E-state index contributed by atoms with van der Waals surface area (Å²) in [5.41, 5.74) is 0.767. The fourth-order valence-electron chi connectivity index (χ4n) is 3.40. The average molecular weight is 465 g/mol. The van der Waals surface area contributed by atoms with Crippen LogP contribution in [0.2, 0.25) is 0 Å². The van der Waals surface area contributed by atoms with Crippen LogP contribution in [0, 0.1) is 0 Å². The quantitative estimate of drug-likeness (QED) is 0.422.